The molecule has 0 amide bonds. The molecule has 2 nitrogen and oxygen atoms in total. The van der Waals surface area contributed by atoms with Crippen LogP contribution >= 0.6 is 0 Å². The van der Waals surface area contributed by atoms with Crippen molar-refractivity contribution in [1.29, 1.82) is 0 Å². The van der Waals surface area contributed by atoms with Crippen LogP contribution in [0.3, 0.4) is 0 Å². The predicted octanol–water partition coefficient (Wildman–Crippen LogP) is 2.97. The summed E-state index contributed by atoms with van der Waals surface area (Å²) in [4.78, 5) is 0. The van der Waals surface area contributed by atoms with E-state index in [9.17, 15) is 0 Å². The Morgan fingerprint density at radius 2 is 1.44 bits per heavy atom. The maximum absolute atomic E-state index is 9.01. The lowest BCUT2D eigenvalue weighted by molar-refractivity contribution is 0.132. The fourth-order valence-electron chi connectivity index (χ4n) is 2.93. The zero-order valence-corrected chi connectivity index (χ0v) is 10.7. The molecule has 0 spiro atoms. The van der Waals surface area contributed by atoms with E-state index >= 15 is 0 Å². The molecule has 0 aromatic carbocycles. The summed E-state index contributed by atoms with van der Waals surface area (Å²) in [5, 5.41) is 18.0. The van der Waals surface area contributed by atoms with E-state index in [4.69, 9.17) is 10.2 Å². The molecule has 0 saturated heterocycles. The van der Waals surface area contributed by atoms with Crippen LogP contribution < -0.4 is 0 Å². The van der Waals surface area contributed by atoms with Crippen LogP contribution in [0, 0.1) is 17.8 Å². The van der Waals surface area contributed by atoms with Gasteiger partial charge in [-0.25, -0.2) is 0 Å². The molecule has 1 rings (SSSR count). The first-order chi connectivity index (χ1) is 7.80. The second kappa shape index (κ2) is 8.08. The molecule has 0 aromatic rings. The van der Waals surface area contributed by atoms with Crippen LogP contribution in [0.1, 0.15) is 58.3 Å². The summed E-state index contributed by atoms with van der Waals surface area (Å²) < 4.78 is 0. The molecule has 16 heavy (non-hydrogen) atoms. The minimum atomic E-state index is 0.119. The van der Waals surface area contributed by atoms with Gasteiger partial charge in [-0.2, -0.15) is 0 Å². The number of aliphatic hydroxyl groups excluding tert-OH is 2. The van der Waals surface area contributed by atoms with E-state index in [0.29, 0.717) is 0 Å². The number of rotatable bonds is 7. The summed E-state index contributed by atoms with van der Waals surface area (Å²) in [6.07, 6.45) is 10.5. The summed E-state index contributed by atoms with van der Waals surface area (Å²) in [6.45, 7) is 2.56. The molecule has 0 unspecified atom stereocenters. The molecular weight excluding hydrogens is 200 g/mol. The standard InChI is InChI=1S/C14H28O2/c1-2-3-12-4-6-13(7-5-12)8-9-14(10-15)11-16/h12-16H,2-11H2,1H3/t12-,13-. The van der Waals surface area contributed by atoms with Gasteiger partial charge in [0, 0.05) is 19.1 Å². The topological polar surface area (TPSA) is 40.5 Å². The highest BCUT2D eigenvalue weighted by molar-refractivity contribution is 4.73. The summed E-state index contributed by atoms with van der Waals surface area (Å²) in [7, 11) is 0. The highest BCUT2D eigenvalue weighted by Gasteiger charge is 2.21. The molecule has 0 bridgehead atoms. The lowest BCUT2D eigenvalue weighted by Crippen LogP contribution is -2.17. The predicted molar refractivity (Wildman–Crippen MR) is 67.3 cm³/mol. The van der Waals surface area contributed by atoms with Gasteiger partial charge >= 0.3 is 0 Å². The van der Waals surface area contributed by atoms with Crippen molar-refractivity contribution in [2.45, 2.75) is 58.3 Å². The van der Waals surface area contributed by atoms with Gasteiger partial charge in [0.15, 0.2) is 0 Å². The van der Waals surface area contributed by atoms with Crippen LogP contribution in [0.4, 0.5) is 0 Å². The molecule has 1 fully saturated rings. The summed E-state index contributed by atoms with van der Waals surface area (Å²) >= 11 is 0. The van der Waals surface area contributed by atoms with E-state index in [0.717, 1.165) is 18.3 Å². The lowest BCUT2D eigenvalue weighted by Gasteiger charge is -2.29. The molecule has 1 aliphatic carbocycles. The Hall–Kier alpha value is -0.0800. The van der Waals surface area contributed by atoms with Crippen molar-refractivity contribution in [2.75, 3.05) is 13.2 Å². The van der Waals surface area contributed by atoms with Gasteiger partial charge in [-0.15, -0.1) is 0 Å². The van der Waals surface area contributed by atoms with Gasteiger partial charge < -0.3 is 10.2 Å². The second-order valence-electron chi connectivity index (χ2n) is 5.48. The largest absolute Gasteiger partial charge is 0.396 e. The Balaban J connectivity index is 2.12. The third-order valence-corrected chi connectivity index (χ3v) is 4.16. The SMILES string of the molecule is CCC[C@H]1CC[C@H](CCC(CO)CO)CC1. The van der Waals surface area contributed by atoms with Crippen LogP contribution in [0.25, 0.3) is 0 Å². The highest BCUT2D eigenvalue weighted by Crippen LogP contribution is 2.34. The summed E-state index contributed by atoms with van der Waals surface area (Å²) in [5.74, 6) is 1.95. The van der Waals surface area contributed by atoms with Crippen molar-refractivity contribution < 1.29 is 10.2 Å². The van der Waals surface area contributed by atoms with Crippen molar-refractivity contribution >= 4 is 0 Å². The van der Waals surface area contributed by atoms with Crippen molar-refractivity contribution in [3.05, 3.63) is 0 Å². The van der Waals surface area contributed by atoms with Gasteiger partial charge in [-0.05, 0) is 18.3 Å². The maximum Gasteiger partial charge on any atom is 0.0481 e. The van der Waals surface area contributed by atoms with Gasteiger partial charge in [-0.3, -0.25) is 0 Å². The fourth-order valence-corrected chi connectivity index (χ4v) is 2.93. The van der Waals surface area contributed by atoms with E-state index in [-0.39, 0.29) is 19.1 Å². The summed E-state index contributed by atoms with van der Waals surface area (Å²) in [5.41, 5.74) is 0. The average Bonchev–Trinajstić information content (AvgIpc) is 2.33. The van der Waals surface area contributed by atoms with Crippen LogP contribution in [0.15, 0.2) is 0 Å². The Kier molecular flexibility index (Phi) is 7.06. The Morgan fingerprint density at radius 1 is 0.938 bits per heavy atom. The normalized spacial score (nSPS) is 26.2. The third-order valence-electron chi connectivity index (χ3n) is 4.16. The van der Waals surface area contributed by atoms with Gasteiger partial charge in [0.25, 0.3) is 0 Å². The second-order valence-corrected chi connectivity index (χ2v) is 5.48. The number of hydrogen-bond acceptors (Lipinski definition) is 2. The first-order valence-electron chi connectivity index (χ1n) is 7.01. The van der Waals surface area contributed by atoms with E-state index in [2.05, 4.69) is 6.92 Å². The molecule has 0 radical (unpaired) electrons. The fraction of sp³-hybridized carbons (Fsp3) is 1.00. The lowest BCUT2D eigenvalue weighted by atomic mass is 9.77. The zero-order chi connectivity index (χ0) is 11.8. The van der Waals surface area contributed by atoms with E-state index in [1.165, 1.54) is 44.9 Å². The smallest absolute Gasteiger partial charge is 0.0481 e. The van der Waals surface area contributed by atoms with Crippen LogP contribution in [0.5, 0.6) is 0 Å². The average molecular weight is 228 g/mol. The first-order valence-corrected chi connectivity index (χ1v) is 7.01. The van der Waals surface area contributed by atoms with Gasteiger partial charge in [0.1, 0.15) is 0 Å². The van der Waals surface area contributed by atoms with Crippen LogP contribution in [-0.4, -0.2) is 23.4 Å². The molecule has 0 heterocycles. The minimum Gasteiger partial charge on any atom is -0.396 e. The highest BCUT2D eigenvalue weighted by atomic mass is 16.3. The van der Waals surface area contributed by atoms with Gasteiger partial charge in [0.05, 0.1) is 0 Å². The Labute approximate surface area is 100 Å². The molecule has 2 N–H and O–H groups in total. The molecule has 1 aliphatic rings. The van der Waals surface area contributed by atoms with Crippen molar-refractivity contribution in [3.63, 3.8) is 0 Å². The van der Waals surface area contributed by atoms with Gasteiger partial charge in [0.2, 0.25) is 0 Å². The monoisotopic (exact) mass is 228 g/mol. The maximum atomic E-state index is 9.01. The third kappa shape index (κ3) is 4.84. The quantitative estimate of drug-likeness (QED) is 0.703. The molecule has 0 aromatic heterocycles. The van der Waals surface area contributed by atoms with Crippen molar-refractivity contribution in [1.82, 2.24) is 0 Å². The first kappa shape index (κ1) is 14.0. The molecule has 2 heteroatoms. The molecule has 1 saturated carbocycles. The Morgan fingerprint density at radius 3 is 1.88 bits per heavy atom. The Bertz CT molecular complexity index is 158. The van der Waals surface area contributed by atoms with Crippen molar-refractivity contribution in [2.24, 2.45) is 17.8 Å². The van der Waals surface area contributed by atoms with E-state index in [1.54, 1.807) is 0 Å². The van der Waals surface area contributed by atoms with Crippen molar-refractivity contribution in [3.8, 4) is 0 Å². The molecule has 96 valence electrons. The van der Waals surface area contributed by atoms with Crippen LogP contribution in [0.2, 0.25) is 0 Å². The summed E-state index contributed by atoms with van der Waals surface area (Å²) in [6, 6.07) is 0. The molecular formula is C14H28O2. The molecule has 0 aliphatic heterocycles. The minimum absolute atomic E-state index is 0.119. The number of hydrogen-bond donors (Lipinski definition) is 2. The van der Waals surface area contributed by atoms with E-state index < -0.39 is 0 Å². The van der Waals surface area contributed by atoms with Gasteiger partial charge in [-0.1, -0.05) is 51.9 Å². The van der Waals surface area contributed by atoms with Crippen LogP contribution in [-0.2, 0) is 0 Å². The van der Waals surface area contributed by atoms with E-state index in [1.807, 2.05) is 0 Å². The zero-order valence-electron chi connectivity index (χ0n) is 10.7. The number of aliphatic hydroxyl groups is 2. The molecule has 0 atom stereocenters.